The first kappa shape index (κ1) is 19.4. The standard InChI is InChI=1S/C19H15N5O3.C3H5F/c1-11-2-3-12(18-21-10-27-23-18)4-15(11)22-19(25)16-6-20-17-5-13-8-26-9-14(13)7-24(16)17;4-3-1-2-3/h2-7,10H,8-9H2,1H3,(H,22,25);3H,1-2H2. The van der Waals surface area contributed by atoms with Crippen molar-refractivity contribution in [2.75, 3.05) is 5.32 Å². The van der Waals surface area contributed by atoms with Gasteiger partial charge in [-0.1, -0.05) is 17.3 Å². The number of aromatic nitrogens is 4. The van der Waals surface area contributed by atoms with Crippen LogP contribution in [0, 0.1) is 6.92 Å². The molecule has 4 heterocycles. The van der Waals surface area contributed by atoms with Crippen LogP contribution in [-0.4, -0.2) is 31.6 Å². The fourth-order valence-electron chi connectivity index (χ4n) is 3.25. The van der Waals surface area contributed by atoms with Crippen molar-refractivity contribution in [3.05, 3.63) is 65.4 Å². The first-order valence-electron chi connectivity index (χ1n) is 9.98. The highest BCUT2D eigenvalue weighted by atomic mass is 19.1. The van der Waals surface area contributed by atoms with Gasteiger partial charge in [0.15, 0.2) is 0 Å². The van der Waals surface area contributed by atoms with E-state index in [9.17, 15) is 9.18 Å². The Morgan fingerprint density at radius 3 is 2.74 bits per heavy atom. The van der Waals surface area contributed by atoms with Gasteiger partial charge in [0.05, 0.1) is 19.4 Å². The molecule has 1 aromatic carbocycles. The van der Waals surface area contributed by atoms with Crippen molar-refractivity contribution in [2.24, 2.45) is 0 Å². The fraction of sp³-hybridized carbons (Fsp3) is 0.273. The summed E-state index contributed by atoms with van der Waals surface area (Å²) in [6.45, 7) is 3.06. The Labute approximate surface area is 177 Å². The number of nitrogens with zero attached hydrogens (tertiary/aromatic N) is 4. The van der Waals surface area contributed by atoms with Crippen molar-refractivity contribution >= 4 is 17.2 Å². The molecule has 4 aromatic rings. The van der Waals surface area contributed by atoms with E-state index < -0.39 is 6.17 Å². The number of aryl methyl sites for hydroxylation is 1. The maximum Gasteiger partial charge on any atom is 0.274 e. The smallest absolute Gasteiger partial charge is 0.274 e. The van der Waals surface area contributed by atoms with Crippen molar-refractivity contribution in [3.8, 4) is 11.4 Å². The van der Waals surface area contributed by atoms with Gasteiger partial charge in [0.25, 0.3) is 5.91 Å². The van der Waals surface area contributed by atoms with E-state index in [0.29, 0.717) is 30.4 Å². The molecule has 0 spiro atoms. The fourth-order valence-corrected chi connectivity index (χ4v) is 3.25. The van der Waals surface area contributed by atoms with Crippen LogP contribution in [0.3, 0.4) is 0 Å². The van der Waals surface area contributed by atoms with Crippen molar-refractivity contribution < 1.29 is 18.4 Å². The van der Waals surface area contributed by atoms with Crippen LogP contribution in [0.5, 0.6) is 0 Å². The molecular formula is C22H20FN5O3. The van der Waals surface area contributed by atoms with E-state index in [1.165, 1.54) is 6.39 Å². The number of carbonyl (C=O) groups excluding carboxylic acids is 1. The molecule has 0 atom stereocenters. The summed E-state index contributed by atoms with van der Waals surface area (Å²) < 4.78 is 23.2. The summed E-state index contributed by atoms with van der Waals surface area (Å²) in [4.78, 5) is 21.3. The zero-order valence-corrected chi connectivity index (χ0v) is 16.8. The topological polar surface area (TPSA) is 94.6 Å². The number of nitrogens with one attached hydrogen (secondary N) is 1. The molecule has 0 unspecified atom stereocenters. The molecule has 9 heteroatoms. The van der Waals surface area contributed by atoms with E-state index in [1.807, 2.05) is 37.4 Å². The van der Waals surface area contributed by atoms with Gasteiger partial charge < -0.3 is 14.6 Å². The average Bonchev–Trinajstić information content (AvgIpc) is 3.21. The molecule has 2 aliphatic rings. The number of carbonyl (C=O) groups is 1. The number of amides is 1. The summed E-state index contributed by atoms with van der Waals surface area (Å²) in [5, 5.41) is 6.79. The third kappa shape index (κ3) is 4.04. The Balaban J connectivity index is 0.000000461. The van der Waals surface area contributed by atoms with E-state index in [4.69, 9.17) is 9.26 Å². The Morgan fingerprint density at radius 2 is 2.00 bits per heavy atom. The second-order valence-electron chi connectivity index (χ2n) is 7.60. The van der Waals surface area contributed by atoms with E-state index in [1.54, 1.807) is 10.6 Å². The molecule has 31 heavy (non-hydrogen) atoms. The van der Waals surface area contributed by atoms with Crippen LogP contribution >= 0.6 is 0 Å². The molecule has 158 valence electrons. The number of alkyl halides is 1. The highest BCUT2D eigenvalue weighted by molar-refractivity contribution is 6.04. The largest absolute Gasteiger partial charge is 0.372 e. The summed E-state index contributed by atoms with van der Waals surface area (Å²) >= 11 is 0. The number of rotatable bonds is 3. The Hall–Kier alpha value is -3.59. The number of fused-ring (bicyclic) bond motifs is 2. The van der Waals surface area contributed by atoms with E-state index in [2.05, 4.69) is 20.4 Å². The van der Waals surface area contributed by atoms with Crippen LogP contribution in [0.1, 0.15) is 40.0 Å². The maximum atomic E-state index is 12.9. The predicted molar refractivity (Wildman–Crippen MR) is 110 cm³/mol. The highest BCUT2D eigenvalue weighted by Gasteiger charge is 2.19. The van der Waals surface area contributed by atoms with Gasteiger partial charge in [-0.25, -0.2) is 9.37 Å². The summed E-state index contributed by atoms with van der Waals surface area (Å²) in [7, 11) is 0. The van der Waals surface area contributed by atoms with Gasteiger partial charge >= 0.3 is 0 Å². The summed E-state index contributed by atoms with van der Waals surface area (Å²) in [5.41, 5.74) is 5.75. The summed E-state index contributed by atoms with van der Waals surface area (Å²) in [6, 6.07) is 7.57. The minimum atomic E-state index is -0.417. The molecule has 1 aliphatic heterocycles. The maximum absolute atomic E-state index is 12.9. The lowest BCUT2D eigenvalue weighted by molar-refractivity contribution is 0.102. The number of benzene rings is 1. The van der Waals surface area contributed by atoms with Gasteiger partial charge in [0.1, 0.15) is 17.5 Å². The lowest BCUT2D eigenvalue weighted by Crippen LogP contribution is -2.15. The first-order chi connectivity index (χ1) is 15.1. The van der Waals surface area contributed by atoms with Gasteiger partial charge in [-0.2, -0.15) is 4.98 Å². The van der Waals surface area contributed by atoms with Crippen LogP contribution in [0.25, 0.3) is 17.0 Å². The molecule has 1 amide bonds. The van der Waals surface area contributed by atoms with Gasteiger partial charge in [-0.3, -0.25) is 9.20 Å². The SMILES string of the molecule is Cc1ccc(-c2ncon2)cc1NC(=O)c1cnc2cc3c(cn12)COC3.FC1CC1. The molecule has 3 aromatic heterocycles. The number of imidazole rings is 1. The van der Waals surface area contributed by atoms with Crippen LogP contribution in [0.2, 0.25) is 0 Å². The second-order valence-corrected chi connectivity index (χ2v) is 7.60. The van der Waals surface area contributed by atoms with Crippen molar-refractivity contribution in [1.29, 1.82) is 0 Å². The molecule has 8 nitrogen and oxygen atoms in total. The zero-order valence-electron chi connectivity index (χ0n) is 16.8. The molecule has 1 N–H and O–H groups in total. The zero-order chi connectivity index (χ0) is 21.4. The number of hydrogen-bond donors (Lipinski definition) is 1. The van der Waals surface area contributed by atoms with Crippen molar-refractivity contribution in [2.45, 2.75) is 39.2 Å². The molecule has 1 saturated carbocycles. The van der Waals surface area contributed by atoms with Crippen LogP contribution in [0.4, 0.5) is 10.1 Å². The summed E-state index contributed by atoms with van der Waals surface area (Å²) in [6.07, 6.45) is 6.00. The second kappa shape index (κ2) is 7.92. The average molecular weight is 421 g/mol. The number of anilines is 1. The van der Waals surface area contributed by atoms with Gasteiger partial charge in [0, 0.05) is 23.0 Å². The molecule has 0 bridgehead atoms. The number of pyridine rings is 1. The quantitative estimate of drug-likeness (QED) is 0.535. The molecule has 0 saturated heterocycles. The van der Waals surface area contributed by atoms with Gasteiger partial charge in [-0.15, -0.1) is 0 Å². The van der Waals surface area contributed by atoms with E-state index in [-0.39, 0.29) is 5.91 Å². The number of halogens is 1. The monoisotopic (exact) mass is 421 g/mol. The molecule has 0 radical (unpaired) electrons. The van der Waals surface area contributed by atoms with Crippen LogP contribution in [0.15, 0.2) is 47.6 Å². The lowest BCUT2D eigenvalue weighted by atomic mass is 10.1. The third-order valence-electron chi connectivity index (χ3n) is 5.19. The minimum Gasteiger partial charge on any atom is -0.372 e. The molecule has 6 rings (SSSR count). The first-order valence-corrected chi connectivity index (χ1v) is 9.98. The molecule has 1 fully saturated rings. The predicted octanol–water partition coefficient (Wildman–Crippen LogP) is 4.09. The van der Waals surface area contributed by atoms with Crippen molar-refractivity contribution in [1.82, 2.24) is 19.5 Å². The van der Waals surface area contributed by atoms with Crippen LogP contribution in [-0.2, 0) is 18.0 Å². The van der Waals surface area contributed by atoms with E-state index in [0.717, 1.165) is 40.7 Å². The Morgan fingerprint density at radius 1 is 1.19 bits per heavy atom. The molecule has 1 aliphatic carbocycles. The number of ether oxygens (including phenoxy) is 1. The lowest BCUT2D eigenvalue weighted by Gasteiger charge is -2.10. The van der Waals surface area contributed by atoms with Gasteiger partial charge in [-0.05, 0) is 43.0 Å². The normalized spacial score (nSPS) is 14.8. The van der Waals surface area contributed by atoms with E-state index >= 15 is 0 Å². The van der Waals surface area contributed by atoms with Gasteiger partial charge in [0.2, 0.25) is 12.2 Å². The molecular weight excluding hydrogens is 401 g/mol. The third-order valence-corrected chi connectivity index (χ3v) is 5.19. The summed E-state index contributed by atoms with van der Waals surface area (Å²) in [5.74, 6) is 0.227. The van der Waals surface area contributed by atoms with Crippen molar-refractivity contribution in [3.63, 3.8) is 0 Å². The van der Waals surface area contributed by atoms with Crippen LogP contribution < -0.4 is 5.32 Å². The Bertz CT molecular complexity index is 1250. The highest BCUT2D eigenvalue weighted by Crippen LogP contribution is 2.25. The Kier molecular flexibility index (Phi) is 4.95. The minimum absolute atomic E-state index is 0.241. The number of hydrogen-bond acceptors (Lipinski definition) is 6.